The summed E-state index contributed by atoms with van der Waals surface area (Å²) in [5.41, 5.74) is 4.22. The minimum atomic E-state index is 0.873. The predicted octanol–water partition coefficient (Wildman–Crippen LogP) is 2.87. The number of hydrogen-bond acceptors (Lipinski definition) is 3. The fourth-order valence-electron chi connectivity index (χ4n) is 2.94. The minimum absolute atomic E-state index is 0.873. The van der Waals surface area contributed by atoms with Gasteiger partial charge in [-0.1, -0.05) is 24.3 Å². The smallest absolute Gasteiger partial charge is 0.118 e. The summed E-state index contributed by atoms with van der Waals surface area (Å²) in [4.78, 5) is 2.46. The lowest BCUT2D eigenvalue weighted by atomic mass is 10.00. The van der Waals surface area contributed by atoms with E-state index in [1.807, 2.05) is 14.0 Å². The molecule has 0 radical (unpaired) electrons. The van der Waals surface area contributed by atoms with E-state index in [0.717, 1.165) is 44.1 Å². The van der Waals surface area contributed by atoms with Crippen LogP contribution in [0.2, 0.25) is 0 Å². The van der Waals surface area contributed by atoms with Crippen LogP contribution < -0.4 is 5.32 Å². The van der Waals surface area contributed by atoms with Crippen LogP contribution in [0.1, 0.15) is 28.2 Å². The summed E-state index contributed by atoms with van der Waals surface area (Å²) in [6.07, 6.45) is 1.14. The normalized spacial score (nSPS) is 15.3. The van der Waals surface area contributed by atoms with Crippen molar-refractivity contribution in [1.29, 1.82) is 0 Å². The van der Waals surface area contributed by atoms with Gasteiger partial charge in [-0.2, -0.15) is 0 Å². The van der Waals surface area contributed by atoms with Crippen molar-refractivity contribution in [2.24, 2.45) is 0 Å². The second kappa shape index (κ2) is 5.81. The maximum absolute atomic E-state index is 5.88. The van der Waals surface area contributed by atoms with Crippen molar-refractivity contribution in [2.75, 3.05) is 13.6 Å². The molecule has 0 fully saturated rings. The molecule has 0 amide bonds. The van der Waals surface area contributed by atoms with Crippen LogP contribution in [0.25, 0.3) is 0 Å². The van der Waals surface area contributed by atoms with E-state index in [9.17, 15) is 0 Å². The maximum Gasteiger partial charge on any atom is 0.118 e. The predicted molar refractivity (Wildman–Crippen MR) is 80.5 cm³/mol. The molecule has 0 aliphatic carbocycles. The van der Waals surface area contributed by atoms with Crippen LogP contribution in [-0.4, -0.2) is 18.5 Å². The number of nitrogens with one attached hydrogen (secondary N) is 1. The van der Waals surface area contributed by atoms with E-state index in [2.05, 4.69) is 40.5 Å². The molecule has 3 nitrogen and oxygen atoms in total. The highest BCUT2D eigenvalue weighted by molar-refractivity contribution is 5.29. The van der Waals surface area contributed by atoms with Gasteiger partial charge in [-0.3, -0.25) is 4.90 Å². The summed E-state index contributed by atoms with van der Waals surface area (Å²) in [7, 11) is 1.97. The monoisotopic (exact) mass is 270 g/mol. The molecule has 1 aliphatic rings. The lowest BCUT2D eigenvalue weighted by molar-refractivity contribution is 0.224. The van der Waals surface area contributed by atoms with Crippen LogP contribution in [0, 0.1) is 6.92 Å². The topological polar surface area (TPSA) is 28.4 Å². The molecule has 1 aromatic heterocycles. The summed E-state index contributed by atoms with van der Waals surface area (Å²) in [5, 5.41) is 3.18. The Morgan fingerprint density at radius 1 is 1.25 bits per heavy atom. The molecule has 2 aromatic rings. The minimum Gasteiger partial charge on any atom is -0.465 e. The number of rotatable bonds is 4. The molecular weight excluding hydrogens is 248 g/mol. The van der Waals surface area contributed by atoms with Gasteiger partial charge in [-0.15, -0.1) is 0 Å². The van der Waals surface area contributed by atoms with Crippen molar-refractivity contribution in [3.05, 3.63) is 58.5 Å². The first kappa shape index (κ1) is 13.4. The molecule has 0 saturated heterocycles. The Morgan fingerprint density at radius 3 is 2.85 bits per heavy atom. The van der Waals surface area contributed by atoms with E-state index < -0.39 is 0 Å². The van der Waals surface area contributed by atoms with Crippen LogP contribution in [0.3, 0.4) is 0 Å². The highest BCUT2D eigenvalue weighted by Gasteiger charge is 2.17. The molecule has 0 bridgehead atoms. The van der Waals surface area contributed by atoms with E-state index in [0.29, 0.717) is 0 Å². The Labute approximate surface area is 120 Å². The fraction of sp³-hybridized carbons (Fsp3) is 0.412. The van der Waals surface area contributed by atoms with E-state index in [4.69, 9.17) is 4.42 Å². The standard InChI is InChI=1S/C17H22N2O/c1-13-16(10-18-2)9-17(20-13)12-19-8-7-14-5-3-4-6-15(14)11-19/h3-6,9,18H,7-8,10-12H2,1-2H3. The van der Waals surface area contributed by atoms with Crippen molar-refractivity contribution in [3.8, 4) is 0 Å². The van der Waals surface area contributed by atoms with E-state index in [-0.39, 0.29) is 0 Å². The maximum atomic E-state index is 5.88. The molecule has 1 aromatic carbocycles. The van der Waals surface area contributed by atoms with Gasteiger partial charge in [0, 0.05) is 25.2 Å². The Hall–Kier alpha value is -1.58. The molecule has 1 N–H and O–H groups in total. The van der Waals surface area contributed by atoms with E-state index in [1.54, 1.807) is 0 Å². The van der Waals surface area contributed by atoms with Crippen LogP contribution in [0.5, 0.6) is 0 Å². The van der Waals surface area contributed by atoms with Crippen LogP contribution >= 0.6 is 0 Å². The van der Waals surface area contributed by atoms with Crippen molar-refractivity contribution in [3.63, 3.8) is 0 Å². The number of furan rings is 1. The molecule has 106 valence electrons. The summed E-state index contributed by atoms with van der Waals surface area (Å²) >= 11 is 0. The third-order valence-corrected chi connectivity index (χ3v) is 4.03. The van der Waals surface area contributed by atoms with Gasteiger partial charge in [0.2, 0.25) is 0 Å². The third-order valence-electron chi connectivity index (χ3n) is 4.03. The molecule has 0 unspecified atom stereocenters. The largest absolute Gasteiger partial charge is 0.465 e. The average Bonchev–Trinajstić information content (AvgIpc) is 2.79. The summed E-state index contributed by atoms with van der Waals surface area (Å²) in [6.45, 7) is 5.95. The molecular formula is C17H22N2O. The van der Waals surface area contributed by atoms with Gasteiger partial charge >= 0.3 is 0 Å². The molecule has 2 heterocycles. The third kappa shape index (κ3) is 2.79. The van der Waals surface area contributed by atoms with Crippen LogP contribution in [0.4, 0.5) is 0 Å². The lowest BCUT2D eigenvalue weighted by Gasteiger charge is -2.27. The number of fused-ring (bicyclic) bond motifs is 1. The molecule has 0 saturated carbocycles. The van der Waals surface area contributed by atoms with Gasteiger partial charge in [0.1, 0.15) is 11.5 Å². The van der Waals surface area contributed by atoms with Gasteiger partial charge < -0.3 is 9.73 Å². The zero-order valence-corrected chi connectivity index (χ0v) is 12.3. The zero-order valence-electron chi connectivity index (χ0n) is 12.3. The van der Waals surface area contributed by atoms with Gasteiger partial charge in [0.15, 0.2) is 0 Å². The number of aryl methyl sites for hydroxylation is 1. The summed E-state index contributed by atoms with van der Waals surface area (Å²) in [5.74, 6) is 2.11. The fourth-order valence-corrected chi connectivity index (χ4v) is 2.94. The molecule has 0 spiro atoms. The molecule has 3 heteroatoms. The summed E-state index contributed by atoms with van der Waals surface area (Å²) in [6, 6.07) is 10.9. The van der Waals surface area contributed by atoms with E-state index >= 15 is 0 Å². The van der Waals surface area contributed by atoms with Crippen molar-refractivity contribution in [1.82, 2.24) is 10.2 Å². The van der Waals surface area contributed by atoms with Gasteiger partial charge in [0.05, 0.1) is 6.54 Å². The highest BCUT2D eigenvalue weighted by Crippen LogP contribution is 2.22. The SMILES string of the molecule is CNCc1cc(CN2CCc3ccccc3C2)oc1C. The first-order chi connectivity index (χ1) is 9.76. The average molecular weight is 270 g/mol. The summed E-state index contributed by atoms with van der Waals surface area (Å²) < 4.78 is 5.88. The Morgan fingerprint density at radius 2 is 2.05 bits per heavy atom. The quantitative estimate of drug-likeness (QED) is 0.926. The first-order valence-electron chi connectivity index (χ1n) is 7.28. The Kier molecular flexibility index (Phi) is 3.90. The van der Waals surface area contributed by atoms with Crippen molar-refractivity contribution < 1.29 is 4.42 Å². The molecule has 1 aliphatic heterocycles. The second-order valence-corrected chi connectivity index (χ2v) is 5.55. The van der Waals surface area contributed by atoms with Crippen LogP contribution in [0.15, 0.2) is 34.7 Å². The Bertz CT molecular complexity index is 588. The number of nitrogens with zero attached hydrogens (tertiary/aromatic N) is 1. The number of benzene rings is 1. The van der Waals surface area contributed by atoms with Crippen molar-refractivity contribution >= 4 is 0 Å². The second-order valence-electron chi connectivity index (χ2n) is 5.55. The molecule has 3 rings (SSSR count). The van der Waals surface area contributed by atoms with Gasteiger partial charge in [-0.25, -0.2) is 0 Å². The first-order valence-corrected chi connectivity index (χ1v) is 7.28. The Balaban J connectivity index is 1.69. The lowest BCUT2D eigenvalue weighted by Crippen LogP contribution is -2.29. The van der Waals surface area contributed by atoms with Gasteiger partial charge in [-0.05, 0) is 37.6 Å². The van der Waals surface area contributed by atoms with Crippen LogP contribution in [-0.2, 0) is 26.1 Å². The van der Waals surface area contributed by atoms with Gasteiger partial charge in [0.25, 0.3) is 0 Å². The highest BCUT2D eigenvalue weighted by atomic mass is 16.3. The van der Waals surface area contributed by atoms with E-state index in [1.165, 1.54) is 16.7 Å². The van der Waals surface area contributed by atoms with Crippen molar-refractivity contribution in [2.45, 2.75) is 33.0 Å². The number of hydrogen-bond donors (Lipinski definition) is 1. The zero-order chi connectivity index (χ0) is 13.9. The molecule has 0 atom stereocenters. The molecule has 20 heavy (non-hydrogen) atoms.